The molecule has 0 spiro atoms. The van der Waals surface area contributed by atoms with Gasteiger partial charge in [0, 0.05) is 13.2 Å². The Hall–Kier alpha value is -0.120. The first-order chi connectivity index (χ1) is 6.08. The maximum absolute atomic E-state index is 6.10. The molecule has 1 aliphatic heterocycles. The second kappa shape index (κ2) is 4.40. The number of hydrogen-bond donors (Lipinski definition) is 1. The minimum atomic E-state index is 0.186. The molecule has 3 heteroatoms. The van der Waals surface area contributed by atoms with Gasteiger partial charge in [0.15, 0.2) is 0 Å². The van der Waals surface area contributed by atoms with Crippen LogP contribution in [0.1, 0.15) is 19.8 Å². The summed E-state index contributed by atoms with van der Waals surface area (Å²) in [5, 5.41) is 0. The van der Waals surface area contributed by atoms with Gasteiger partial charge in [-0.15, -0.1) is 0 Å². The standard InChI is InChI=1S/C10H22N2O/c1-10(9(11)8-13-3)4-6-12(2)7-5-10/h9H,4-8,11H2,1-3H3. The second-order valence-electron chi connectivity index (χ2n) is 4.52. The summed E-state index contributed by atoms with van der Waals surface area (Å²) < 4.78 is 5.11. The average molecular weight is 186 g/mol. The number of hydrogen-bond acceptors (Lipinski definition) is 3. The number of ether oxygens (including phenoxy) is 1. The molecular weight excluding hydrogens is 164 g/mol. The van der Waals surface area contributed by atoms with E-state index in [4.69, 9.17) is 10.5 Å². The highest BCUT2D eigenvalue weighted by Gasteiger charge is 2.34. The first kappa shape index (κ1) is 11.0. The summed E-state index contributed by atoms with van der Waals surface area (Å²) in [6.07, 6.45) is 2.38. The van der Waals surface area contributed by atoms with Crippen LogP contribution in [0.2, 0.25) is 0 Å². The fraction of sp³-hybridized carbons (Fsp3) is 1.00. The molecule has 1 fully saturated rings. The van der Waals surface area contributed by atoms with Crippen molar-refractivity contribution in [3.63, 3.8) is 0 Å². The molecule has 3 nitrogen and oxygen atoms in total. The van der Waals surface area contributed by atoms with Gasteiger partial charge < -0.3 is 15.4 Å². The summed E-state index contributed by atoms with van der Waals surface area (Å²) in [7, 11) is 3.89. The van der Waals surface area contributed by atoms with Gasteiger partial charge in [-0.1, -0.05) is 6.92 Å². The Kier molecular flexibility index (Phi) is 3.71. The summed E-state index contributed by atoms with van der Waals surface area (Å²) in [4.78, 5) is 2.36. The monoisotopic (exact) mass is 186 g/mol. The summed E-state index contributed by atoms with van der Waals surface area (Å²) in [6, 6.07) is 0.186. The van der Waals surface area contributed by atoms with E-state index in [1.54, 1.807) is 7.11 Å². The van der Waals surface area contributed by atoms with Crippen LogP contribution in [0, 0.1) is 5.41 Å². The lowest BCUT2D eigenvalue weighted by molar-refractivity contribution is 0.0651. The van der Waals surface area contributed by atoms with Gasteiger partial charge in [0.2, 0.25) is 0 Å². The van der Waals surface area contributed by atoms with Gasteiger partial charge in [-0.2, -0.15) is 0 Å². The Morgan fingerprint density at radius 2 is 2.00 bits per heavy atom. The maximum atomic E-state index is 6.10. The maximum Gasteiger partial charge on any atom is 0.0619 e. The lowest BCUT2D eigenvalue weighted by Gasteiger charge is -2.41. The van der Waals surface area contributed by atoms with Crippen LogP contribution in [0.5, 0.6) is 0 Å². The van der Waals surface area contributed by atoms with Crippen LogP contribution < -0.4 is 5.73 Å². The van der Waals surface area contributed by atoms with Gasteiger partial charge in [0.05, 0.1) is 6.61 Å². The van der Waals surface area contributed by atoms with Crippen LogP contribution in [-0.4, -0.2) is 44.8 Å². The lowest BCUT2D eigenvalue weighted by atomic mass is 9.75. The largest absolute Gasteiger partial charge is 0.383 e. The number of methoxy groups -OCH3 is 1. The zero-order valence-electron chi connectivity index (χ0n) is 9.05. The molecule has 0 aromatic carbocycles. The van der Waals surface area contributed by atoms with E-state index < -0.39 is 0 Å². The minimum Gasteiger partial charge on any atom is -0.383 e. The Balaban J connectivity index is 2.46. The van der Waals surface area contributed by atoms with Crippen molar-refractivity contribution in [2.45, 2.75) is 25.8 Å². The quantitative estimate of drug-likeness (QED) is 0.705. The second-order valence-corrected chi connectivity index (χ2v) is 4.52. The number of nitrogens with two attached hydrogens (primary N) is 1. The predicted octanol–water partition coefficient (Wildman–Crippen LogP) is 0.692. The fourth-order valence-corrected chi connectivity index (χ4v) is 1.88. The van der Waals surface area contributed by atoms with E-state index in [0.29, 0.717) is 6.61 Å². The van der Waals surface area contributed by atoms with Gasteiger partial charge in [0.25, 0.3) is 0 Å². The number of piperidine rings is 1. The molecule has 78 valence electrons. The molecule has 0 bridgehead atoms. The molecule has 0 amide bonds. The predicted molar refractivity (Wildman–Crippen MR) is 54.7 cm³/mol. The molecule has 1 aliphatic rings. The van der Waals surface area contributed by atoms with E-state index in [0.717, 1.165) is 13.1 Å². The number of rotatable bonds is 3. The molecule has 13 heavy (non-hydrogen) atoms. The van der Waals surface area contributed by atoms with E-state index in [1.807, 2.05) is 0 Å². The van der Waals surface area contributed by atoms with Crippen LogP contribution in [-0.2, 0) is 4.74 Å². The first-order valence-corrected chi connectivity index (χ1v) is 5.01. The number of likely N-dealkylation sites (tertiary alicyclic amines) is 1. The first-order valence-electron chi connectivity index (χ1n) is 5.01. The van der Waals surface area contributed by atoms with Crippen molar-refractivity contribution in [1.29, 1.82) is 0 Å². The highest BCUT2D eigenvalue weighted by atomic mass is 16.5. The summed E-state index contributed by atoms with van der Waals surface area (Å²) >= 11 is 0. The van der Waals surface area contributed by atoms with Gasteiger partial charge in [0.1, 0.15) is 0 Å². The summed E-state index contributed by atoms with van der Waals surface area (Å²) in [5.74, 6) is 0. The van der Waals surface area contributed by atoms with Crippen molar-refractivity contribution in [3.05, 3.63) is 0 Å². The Labute approximate surface area is 81.2 Å². The Morgan fingerprint density at radius 3 is 2.46 bits per heavy atom. The lowest BCUT2D eigenvalue weighted by Crippen LogP contribution is -2.49. The van der Waals surface area contributed by atoms with Crippen molar-refractivity contribution < 1.29 is 4.74 Å². The highest BCUT2D eigenvalue weighted by Crippen LogP contribution is 2.32. The van der Waals surface area contributed by atoms with Crippen molar-refractivity contribution in [2.75, 3.05) is 33.9 Å². The van der Waals surface area contributed by atoms with E-state index in [9.17, 15) is 0 Å². The molecule has 0 aliphatic carbocycles. The van der Waals surface area contributed by atoms with Crippen LogP contribution in [0.25, 0.3) is 0 Å². The van der Waals surface area contributed by atoms with E-state index in [2.05, 4.69) is 18.9 Å². The average Bonchev–Trinajstić information content (AvgIpc) is 2.11. The van der Waals surface area contributed by atoms with Crippen molar-refractivity contribution in [3.8, 4) is 0 Å². The Bertz CT molecular complexity index is 153. The van der Waals surface area contributed by atoms with E-state index in [-0.39, 0.29) is 11.5 Å². The third kappa shape index (κ3) is 2.66. The van der Waals surface area contributed by atoms with E-state index >= 15 is 0 Å². The topological polar surface area (TPSA) is 38.5 Å². The summed E-state index contributed by atoms with van der Waals surface area (Å²) in [6.45, 7) is 5.28. The van der Waals surface area contributed by atoms with Crippen LogP contribution in [0.3, 0.4) is 0 Å². The van der Waals surface area contributed by atoms with Gasteiger partial charge in [-0.05, 0) is 38.4 Å². The molecular formula is C10H22N2O. The normalized spacial score (nSPS) is 25.8. The third-order valence-corrected chi connectivity index (χ3v) is 3.37. The number of nitrogens with zero attached hydrogens (tertiary/aromatic N) is 1. The molecule has 2 N–H and O–H groups in total. The molecule has 0 aromatic rings. The van der Waals surface area contributed by atoms with Crippen LogP contribution >= 0.6 is 0 Å². The fourth-order valence-electron chi connectivity index (χ4n) is 1.88. The van der Waals surface area contributed by atoms with Crippen molar-refractivity contribution in [2.24, 2.45) is 11.1 Å². The third-order valence-electron chi connectivity index (χ3n) is 3.37. The van der Waals surface area contributed by atoms with Gasteiger partial charge in [-0.3, -0.25) is 0 Å². The van der Waals surface area contributed by atoms with Crippen LogP contribution in [0.15, 0.2) is 0 Å². The molecule has 0 radical (unpaired) electrons. The molecule has 0 aromatic heterocycles. The van der Waals surface area contributed by atoms with Gasteiger partial charge in [-0.25, -0.2) is 0 Å². The zero-order valence-corrected chi connectivity index (χ0v) is 9.05. The van der Waals surface area contributed by atoms with E-state index in [1.165, 1.54) is 12.8 Å². The smallest absolute Gasteiger partial charge is 0.0619 e. The molecule has 1 atom stereocenters. The SMILES string of the molecule is COCC(N)C1(C)CCN(C)CC1. The Morgan fingerprint density at radius 1 is 1.46 bits per heavy atom. The molecule has 1 heterocycles. The zero-order chi connectivity index (χ0) is 9.90. The molecule has 0 saturated carbocycles. The van der Waals surface area contributed by atoms with Crippen molar-refractivity contribution in [1.82, 2.24) is 4.90 Å². The van der Waals surface area contributed by atoms with Gasteiger partial charge >= 0.3 is 0 Å². The minimum absolute atomic E-state index is 0.186. The van der Waals surface area contributed by atoms with Crippen molar-refractivity contribution >= 4 is 0 Å². The summed E-state index contributed by atoms with van der Waals surface area (Å²) in [5.41, 5.74) is 6.38. The molecule has 1 saturated heterocycles. The molecule has 1 rings (SSSR count). The van der Waals surface area contributed by atoms with Crippen LogP contribution in [0.4, 0.5) is 0 Å². The highest BCUT2D eigenvalue weighted by molar-refractivity contribution is 4.89. The molecule has 1 unspecified atom stereocenters.